The molecular weight excluding hydrogens is 284 g/mol. The molecule has 1 saturated carbocycles. The van der Waals surface area contributed by atoms with Crippen LogP contribution in [0.4, 0.5) is 4.79 Å². The summed E-state index contributed by atoms with van der Waals surface area (Å²) in [5, 5.41) is 6.35. The third kappa shape index (κ3) is 6.10. The number of amides is 1. The lowest BCUT2D eigenvalue weighted by Gasteiger charge is -2.44. The maximum Gasteiger partial charge on any atom is 0.407 e. The summed E-state index contributed by atoms with van der Waals surface area (Å²) in [5.41, 5.74) is -0.477. The van der Waals surface area contributed by atoms with Gasteiger partial charge in [0.1, 0.15) is 5.60 Å². The Morgan fingerprint density at radius 1 is 1.32 bits per heavy atom. The number of carbonyl (C=O) groups is 1. The summed E-state index contributed by atoms with van der Waals surface area (Å²) in [7, 11) is 1.71. The molecule has 130 valence electrons. The molecule has 1 aliphatic carbocycles. The summed E-state index contributed by atoms with van der Waals surface area (Å²) in [6.07, 6.45) is 1.66. The van der Waals surface area contributed by atoms with Crippen LogP contribution >= 0.6 is 0 Å². The highest BCUT2D eigenvalue weighted by Crippen LogP contribution is 2.26. The van der Waals surface area contributed by atoms with Gasteiger partial charge in [0, 0.05) is 32.3 Å². The lowest BCUT2D eigenvalue weighted by atomic mass is 9.85. The van der Waals surface area contributed by atoms with Crippen LogP contribution < -0.4 is 10.6 Å². The quantitative estimate of drug-likeness (QED) is 0.717. The van der Waals surface area contributed by atoms with Crippen LogP contribution in [0.1, 0.15) is 47.5 Å². The van der Waals surface area contributed by atoms with Crippen molar-refractivity contribution in [2.45, 2.75) is 77.4 Å². The number of hydrogen-bond donors (Lipinski definition) is 2. The second-order valence-corrected chi connectivity index (χ2v) is 6.70. The van der Waals surface area contributed by atoms with E-state index in [9.17, 15) is 4.79 Å². The predicted molar refractivity (Wildman–Crippen MR) is 86.1 cm³/mol. The van der Waals surface area contributed by atoms with E-state index < -0.39 is 5.60 Å². The molecule has 0 aromatic heterocycles. The van der Waals surface area contributed by atoms with Crippen molar-refractivity contribution in [2.24, 2.45) is 0 Å². The molecule has 6 nitrogen and oxygen atoms in total. The average molecular weight is 316 g/mol. The molecule has 1 aliphatic rings. The Morgan fingerprint density at radius 2 is 2.00 bits per heavy atom. The Labute approximate surface area is 134 Å². The fraction of sp³-hybridized carbons (Fsp3) is 0.938. The summed E-state index contributed by atoms with van der Waals surface area (Å²) in [6, 6.07) is 0.314. The predicted octanol–water partition coefficient (Wildman–Crippen LogP) is 2.07. The van der Waals surface area contributed by atoms with Crippen LogP contribution in [0.5, 0.6) is 0 Å². The Bertz CT molecular complexity index is 344. The smallest absolute Gasteiger partial charge is 0.407 e. The summed E-state index contributed by atoms with van der Waals surface area (Å²) in [4.78, 5) is 11.8. The molecule has 0 aromatic rings. The van der Waals surface area contributed by atoms with Crippen LogP contribution in [0.25, 0.3) is 0 Å². The molecule has 4 unspecified atom stereocenters. The maximum absolute atomic E-state index is 11.8. The second kappa shape index (κ2) is 8.70. The van der Waals surface area contributed by atoms with E-state index in [2.05, 4.69) is 10.6 Å². The van der Waals surface area contributed by atoms with Gasteiger partial charge in [0.05, 0.1) is 12.2 Å². The van der Waals surface area contributed by atoms with E-state index in [0.717, 1.165) is 12.8 Å². The first-order valence-electron chi connectivity index (χ1n) is 8.18. The van der Waals surface area contributed by atoms with Crippen LogP contribution in [0.3, 0.4) is 0 Å². The molecule has 1 fully saturated rings. The molecule has 1 amide bonds. The Hall–Kier alpha value is -0.850. The van der Waals surface area contributed by atoms with E-state index >= 15 is 0 Å². The zero-order valence-corrected chi connectivity index (χ0v) is 14.8. The summed E-state index contributed by atoms with van der Waals surface area (Å²) in [6.45, 7) is 11.0. The topological polar surface area (TPSA) is 68.8 Å². The van der Waals surface area contributed by atoms with Gasteiger partial charge in [0.15, 0.2) is 0 Å². The minimum atomic E-state index is -0.477. The molecule has 0 saturated heterocycles. The van der Waals surface area contributed by atoms with Gasteiger partial charge >= 0.3 is 6.09 Å². The highest BCUT2D eigenvalue weighted by atomic mass is 16.6. The standard InChI is InChI=1S/C16H32N2O4/c1-7-11(18-15(19)22-16(3,4)5)10-17-12-9-13(21-8-2)14(12)20-6/h11-14,17H,7-10H2,1-6H3,(H,18,19). The van der Waals surface area contributed by atoms with Crippen LogP contribution in [0, 0.1) is 0 Å². The lowest BCUT2D eigenvalue weighted by molar-refractivity contribution is -0.131. The van der Waals surface area contributed by atoms with Crippen LogP contribution in [0.15, 0.2) is 0 Å². The van der Waals surface area contributed by atoms with Gasteiger partial charge in [-0.1, -0.05) is 6.92 Å². The number of hydrogen-bond acceptors (Lipinski definition) is 5. The van der Waals surface area contributed by atoms with Crippen molar-refractivity contribution in [1.82, 2.24) is 10.6 Å². The zero-order chi connectivity index (χ0) is 16.8. The van der Waals surface area contributed by atoms with Crippen LogP contribution in [-0.2, 0) is 14.2 Å². The van der Waals surface area contributed by atoms with E-state index in [1.54, 1.807) is 7.11 Å². The number of carbonyl (C=O) groups excluding carboxylic acids is 1. The van der Waals surface area contributed by atoms with Gasteiger partial charge in [-0.25, -0.2) is 4.79 Å². The first-order chi connectivity index (χ1) is 10.3. The molecule has 0 aliphatic heterocycles. The summed E-state index contributed by atoms with van der Waals surface area (Å²) >= 11 is 0. The van der Waals surface area contributed by atoms with Crippen molar-refractivity contribution in [2.75, 3.05) is 20.3 Å². The molecular formula is C16H32N2O4. The van der Waals surface area contributed by atoms with E-state index in [4.69, 9.17) is 14.2 Å². The largest absolute Gasteiger partial charge is 0.444 e. The van der Waals surface area contributed by atoms with Crippen molar-refractivity contribution in [3.05, 3.63) is 0 Å². The summed E-state index contributed by atoms with van der Waals surface area (Å²) in [5.74, 6) is 0. The van der Waals surface area contributed by atoms with Gasteiger partial charge < -0.3 is 24.8 Å². The molecule has 6 heteroatoms. The van der Waals surface area contributed by atoms with E-state index in [-0.39, 0.29) is 30.4 Å². The van der Waals surface area contributed by atoms with Crippen LogP contribution in [0.2, 0.25) is 0 Å². The first-order valence-corrected chi connectivity index (χ1v) is 8.18. The highest BCUT2D eigenvalue weighted by Gasteiger charge is 2.41. The average Bonchev–Trinajstić information content (AvgIpc) is 2.38. The lowest BCUT2D eigenvalue weighted by Crippen LogP contribution is -2.61. The molecule has 0 spiro atoms. The van der Waals surface area contributed by atoms with E-state index in [0.29, 0.717) is 13.2 Å². The van der Waals surface area contributed by atoms with Crippen molar-refractivity contribution < 1.29 is 19.0 Å². The number of ether oxygens (including phenoxy) is 3. The molecule has 4 atom stereocenters. The Kier molecular flexibility index (Phi) is 7.59. The molecule has 0 bridgehead atoms. The van der Waals surface area contributed by atoms with Gasteiger partial charge in [-0.2, -0.15) is 0 Å². The van der Waals surface area contributed by atoms with E-state index in [1.807, 2.05) is 34.6 Å². The number of methoxy groups -OCH3 is 1. The number of nitrogens with one attached hydrogen (secondary N) is 2. The van der Waals surface area contributed by atoms with Gasteiger partial charge in [0.25, 0.3) is 0 Å². The molecule has 0 aromatic carbocycles. The molecule has 0 radical (unpaired) electrons. The fourth-order valence-electron chi connectivity index (χ4n) is 2.54. The molecule has 1 rings (SSSR count). The minimum Gasteiger partial charge on any atom is -0.444 e. The van der Waals surface area contributed by atoms with Gasteiger partial charge in [-0.15, -0.1) is 0 Å². The van der Waals surface area contributed by atoms with Gasteiger partial charge in [0.2, 0.25) is 0 Å². The SMILES string of the molecule is CCOC1CC(NCC(CC)NC(=O)OC(C)(C)C)C1OC. The van der Waals surface area contributed by atoms with Crippen molar-refractivity contribution in [3.63, 3.8) is 0 Å². The summed E-state index contributed by atoms with van der Waals surface area (Å²) < 4.78 is 16.4. The Balaban J connectivity index is 2.34. The van der Waals surface area contributed by atoms with Gasteiger partial charge in [-0.05, 0) is 40.5 Å². The third-order valence-corrected chi connectivity index (χ3v) is 3.74. The molecule has 2 N–H and O–H groups in total. The van der Waals surface area contributed by atoms with Gasteiger partial charge in [-0.3, -0.25) is 0 Å². The zero-order valence-electron chi connectivity index (χ0n) is 14.8. The number of alkyl carbamates (subject to hydrolysis) is 1. The second-order valence-electron chi connectivity index (χ2n) is 6.70. The highest BCUT2D eigenvalue weighted by molar-refractivity contribution is 5.68. The monoisotopic (exact) mass is 316 g/mol. The Morgan fingerprint density at radius 3 is 2.50 bits per heavy atom. The fourth-order valence-corrected chi connectivity index (χ4v) is 2.54. The van der Waals surface area contributed by atoms with Crippen LogP contribution in [-0.4, -0.2) is 56.2 Å². The third-order valence-electron chi connectivity index (χ3n) is 3.74. The minimum absolute atomic E-state index is 0.0403. The molecule has 22 heavy (non-hydrogen) atoms. The first kappa shape index (κ1) is 19.2. The van der Waals surface area contributed by atoms with E-state index in [1.165, 1.54) is 0 Å². The number of rotatable bonds is 8. The van der Waals surface area contributed by atoms with Crippen molar-refractivity contribution in [3.8, 4) is 0 Å². The van der Waals surface area contributed by atoms with Crippen molar-refractivity contribution >= 4 is 6.09 Å². The maximum atomic E-state index is 11.8. The molecule has 0 heterocycles. The van der Waals surface area contributed by atoms with Crippen molar-refractivity contribution in [1.29, 1.82) is 0 Å². The normalized spacial score (nSPS) is 26.2.